The monoisotopic (exact) mass is 265 g/mol. The molecule has 0 amide bonds. The van der Waals surface area contributed by atoms with Gasteiger partial charge in [0, 0.05) is 17.7 Å². The molecule has 0 bridgehead atoms. The quantitative estimate of drug-likeness (QED) is 0.684. The van der Waals surface area contributed by atoms with E-state index in [2.05, 4.69) is 65.6 Å². The van der Waals surface area contributed by atoms with Crippen LogP contribution in [0.3, 0.4) is 0 Å². The molecule has 3 aromatic rings. The summed E-state index contributed by atoms with van der Waals surface area (Å²) >= 11 is 1.75. The van der Waals surface area contributed by atoms with E-state index in [1.807, 2.05) is 5.51 Å². The number of hydrogen-bond acceptors (Lipinski definition) is 2. The van der Waals surface area contributed by atoms with Gasteiger partial charge in [-0.15, -0.1) is 11.3 Å². The topological polar surface area (TPSA) is 12.9 Å². The smallest absolute Gasteiger partial charge is 0.0797 e. The second-order valence-corrected chi connectivity index (χ2v) is 5.49. The molecule has 1 aromatic heterocycles. The van der Waals surface area contributed by atoms with E-state index in [1.54, 1.807) is 11.3 Å². The van der Waals surface area contributed by atoms with Crippen LogP contribution < -0.4 is 0 Å². The van der Waals surface area contributed by atoms with Gasteiger partial charge in [-0.05, 0) is 11.1 Å². The van der Waals surface area contributed by atoms with E-state index in [4.69, 9.17) is 0 Å². The van der Waals surface area contributed by atoms with Gasteiger partial charge in [-0.1, -0.05) is 60.7 Å². The van der Waals surface area contributed by atoms with Crippen molar-refractivity contribution >= 4 is 11.3 Å². The van der Waals surface area contributed by atoms with E-state index in [0.29, 0.717) is 0 Å². The molecule has 0 fully saturated rings. The Morgan fingerprint density at radius 2 is 1.32 bits per heavy atom. The molecule has 19 heavy (non-hydrogen) atoms. The van der Waals surface area contributed by atoms with Crippen molar-refractivity contribution in [3.63, 3.8) is 0 Å². The highest BCUT2D eigenvalue weighted by atomic mass is 32.1. The highest BCUT2D eigenvalue weighted by Crippen LogP contribution is 2.20. The summed E-state index contributed by atoms with van der Waals surface area (Å²) < 4.78 is 0. The maximum atomic E-state index is 4.53. The average molecular weight is 265 g/mol. The van der Waals surface area contributed by atoms with Gasteiger partial charge < -0.3 is 0 Å². The van der Waals surface area contributed by atoms with Crippen molar-refractivity contribution in [1.82, 2.24) is 4.98 Å². The second-order valence-electron chi connectivity index (χ2n) is 4.55. The molecule has 94 valence electrons. The lowest BCUT2D eigenvalue weighted by Gasteiger charge is -2.03. The Kier molecular flexibility index (Phi) is 3.70. The van der Waals surface area contributed by atoms with Gasteiger partial charge in [-0.3, -0.25) is 0 Å². The summed E-state index contributed by atoms with van der Waals surface area (Å²) in [7, 11) is 0. The van der Waals surface area contributed by atoms with Gasteiger partial charge in [0.25, 0.3) is 0 Å². The van der Waals surface area contributed by atoms with E-state index in [9.17, 15) is 0 Å². The van der Waals surface area contributed by atoms with E-state index in [1.165, 1.54) is 21.7 Å². The van der Waals surface area contributed by atoms with Crippen molar-refractivity contribution in [2.24, 2.45) is 0 Å². The molecule has 0 aliphatic rings. The number of thiazole rings is 1. The Bertz CT molecular complexity index is 573. The zero-order valence-electron chi connectivity index (χ0n) is 10.6. The zero-order chi connectivity index (χ0) is 12.9. The maximum Gasteiger partial charge on any atom is 0.0797 e. The van der Waals surface area contributed by atoms with Crippen molar-refractivity contribution in [3.8, 4) is 0 Å². The van der Waals surface area contributed by atoms with Crippen molar-refractivity contribution in [2.75, 3.05) is 0 Å². The van der Waals surface area contributed by atoms with E-state index in [0.717, 1.165) is 12.8 Å². The molecular weight excluding hydrogens is 250 g/mol. The molecule has 0 spiro atoms. The molecule has 3 rings (SSSR count). The largest absolute Gasteiger partial charge is 0.249 e. The van der Waals surface area contributed by atoms with Crippen LogP contribution in [-0.4, -0.2) is 4.98 Å². The van der Waals surface area contributed by atoms with Gasteiger partial charge in [-0.2, -0.15) is 0 Å². The van der Waals surface area contributed by atoms with Gasteiger partial charge in [0.1, 0.15) is 0 Å². The first-order valence-corrected chi connectivity index (χ1v) is 7.29. The minimum atomic E-state index is 0.923. The van der Waals surface area contributed by atoms with Gasteiger partial charge in [0.15, 0.2) is 0 Å². The molecule has 0 N–H and O–H groups in total. The van der Waals surface area contributed by atoms with E-state index in [-0.39, 0.29) is 0 Å². The Labute approximate surface area is 117 Å². The third-order valence-corrected chi connectivity index (χ3v) is 4.02. The molecule has 0 aliphatic heterocycles. The summed E-state index contributed by atoms with van der Waals surface area (Å²) in [5.41, 5.74) is 5.83. The van der Waals surface area contributed by atoms with Crippen LogP contribution in [0.15, 0.2) is 66.2 Å². The summed E-state index contributed by atoms with van der Waals surface area (Å²) in [5.74, 6) is 0. The maximum absolute atomic E-state index is 4.53. The normalized spacial score (nSPS) is 10.5. The number of benzene rings is 2. The lowest BCUT2D eigenvalue weighted by Crippen LogP contribution is -1.94. The molecule has 2 heteroatoms. The van der Waals surface area contributed by atoms with Crippen molar-refractivity contribution in [2.45, 2.75) is 12.8 Å². The van der Waals surface area contributed by atoms with Gasteiger partial charge >= 0.3 is 0 Å². The molecule has 0 saturated heterocycles. The summed E-state index contributed by atoms with van der Waals surface area (Å²) in [6.07, 6.45) is 1.90. The average Bonchev–Trinajstić information content (AvgIpc) is 2.88. The molecule has 1 heterocycles. The van der Waals surface area contributed by atoms with Gasteiger partial charge in [-0.25, -0.2) is 4.98 Å². The second kappa shape index (κ2) is 5.81. The third-order valence-electron chi connectivity index (χ3n) is 3.15. The van der Waals surface area contributed by atoms with Crippen LogP contribution in [0.25, 0.3) is 0 Å². The predicted octanol–water partition coefficient (Wildman–Crippen LogP) is 4.32. The highest BCUT2D eigenvalue weighted by Gasteiger charge is 2.07. The van der Waals surface area contributed by atoms with E-state index >= 15 is 0 Å². The molecule has 0 aliphatic carbocycles. The fourth-order valence-corrected chi connectivity index (χ4v) is 2.97. The minimum absolute atomic E-state index is 0.923. The number of rotatable bonds is 4. The first kappa shape index (κ1) is 12.1. The van der Waals surface area contributed by atoms with Gasteiger partial charge in [0.2, 0.25) is 0 Å². The Morgan fingerprint density at radius 3 is 1.95 bits per heavy atom. The molecule has 2 aromatic carbocycles. The minimum Gasteiger partial charge on any atom is -0.249 e. The standard InChI is InChI=1S/C17H15NS/c1-3-7-14(8-4-1)11-16-17(19-13-18-16)12-15-9-5-2-6-10-15/h1-10,13H,11-12H2. The van der Waals surface area contributed by atoms with Crippen molar-refractivity contribution in [3.05, 3.63) is 87.9 Å². The van der Waals surface area contributed by atoms with Crippen molar-refractivity contribution in [1.29, 1.82) is 0 Å². The fraction of sp³-hybridized carbons (Fsp3) is 0.118. The van der Waals surface area contributed by atoms with Crippen LogP contribution >= 0.6 is 11.3 Å². The Hall–Kier alpha value is -1.93. The lowest BCUT2D eigenvalue weighted by molar-refractivity contribution is 1.05. The molecule has 0 atom stereocenters. The predicted molar refractivity (Wildman–Crippen MR) is 80.6 cm³/mol. The fourth-order valence-electron chi connectivity index (χ4n) is 2.15. The molecule has 0 saturated carbocycles. The van der Waals surface area contributed by atoms with Crippen LogP contribution in [-0.2, 0) is 12.8 Å². The summed E-state index contributed by atoms with van der Waals surface area (Å²) in [4.78, 5) is 5.90. The Morgan fingerprint density at radius 1 is 0.737 bits per heavy atom. The van der Waals surface area contributed by atoms with E-state index < -0.39 is 0 Å². The summed E-state index contributed by atoms with van der Waals surface area (Å²) in [6, 6.07) is 21.1. The SMILES string of the molecule is c1ccc(Cc2ncsc2Cc2ccccc2)cc1. The first-order valence-electron chi connectivity index (χ1n) is 6.41. The summed E-state index contributed by atoms with van der Waals surface area (Å²) in [5, 5.41) is 0. The van der Waals surface area contributed by atoms with Crippen LogP contribution in [0.2, 0.25) is 0 Å². The number of hydrogen-bond donors (Lipinski definition) is 0. The van der Waals surface area contributed by atoms with Crippen LogP contribution in [0.1, 0.15) is 21.7 Å². The summed E-state index contributed by atoms with van der Waals surface area (Å²) in [6.45, 7) is 0. The van der Waals surface area contributed by atoms with Crippen LogP contribution in [0.4, 0.5) is 0 Å². The molecule has 0 unspecified atom stereocenters. The number of aromatic nitrogens is 1. The molecular formula is C17H15NS. The molecule has 0 radical (unpaired) electrons. The van der Waals surface area contributed by atoms with Crippen molar-refractivity contribution < 1.29 is 0 Å². The zero-order valence-corrected chi connectivity index (χ0v) is 11.4. The van der Waals surface area contributed by atoms with Crippen LogP contribution in [0.5, 0.6) is 0 Å². The molecule has 1 nitrogen and oxygen atoms in total. The van der Waals surface area contributed by atoms with Gasteiger partial charge in [0.05, 0.1) is 11.2 Å². The Balaban J connectivity index is 1.79. The van der Waals surface area contributed by atoms with Crippen LogP contribution in [0, 0.1) is 0 Å². The third kappa shape index (κ3) is 3.09. The number of nitrogens with zero attached hydrogens (tertiary/aromatic N) is 1. The lowest BCUT2D eigenvalue weighted by atomic mass is 10.1. The first-order chi connectivity index (χ1) is 9.42. The highest BCUT2D eigenvalue weighted by molar-refractivity contribution is 7.09.